The van der Waals surface area contributed by atoms with E-state index in [0.717, 1.165) is 23.4 Å². The molecule has 1 fully saturated rings. The summed E-state index contributed by atoms with van der Waals surface area (Å²) in [7, 11) is -1.17. The van der Waals surface area contributed by atoms with Crippen LogP contribution in [0.25, 0.3) is 0 Å². The molecule has 1 aromatic carbocycles. The Labute approximate surface area is 169 Å². The second-order valence-electron chi connectivity index (χ2n) is 6.48. The Balaban J connectivity index is 1.83. The highest BCUT2D eigenvalue weighted by Crippen LogP contribution is 2.28. The van der Waals surface area contributed by atoms with Gasteiger partial charge in [-0.15, -0.1) is 0 Å². The van der Waals surface area contributed by atoms with Gasteiger partial charge >= 0.3 is 5.97 Å². The van der Waals surface area contributed by atoms with Crippen LogP contribution in [-0.2, 0) is 15.6 Å². The molecule has 28 heavy (non-hydrogen) atoms. The molecule has 2 aromatic rings. The van der Waals surface area contributed by atoms with E-state index in [0.29, 0.717) is 28.0 Å². The molecule has 8 nitrogen and oxygen atoms in total. The number of piperazine rings is 1. The molecule has 2 heterocycles. The predicted molar refractivity (Wildman–Crippen MR) is 109 cm³/mol. The Bertz CT molecular complexity index is 922. The molecule has 1 saturated heterocycles. The van der Waals surface area contributed by atoms with Crippen molar-refractivity contribution < 1.29 is 18.5 Å². The second-order valence-corrected chi connectivity index (χ2v) is 9.12. The number of nitrogens with one attached hydrogen (secondary N) is 3. The number of aryl methyl sites for hydroxylation is 2. The standard InChI is InChI=1S/C18H22N4O4S2/c1-10-6-11(2)15(26-17(24)13-8-19-4-5-20-13)12(7-10)16(23)22-18-21-9-14(27-18)28(3)25/h6-7,9,13,19-20H,4-5,8H2,1-3H3,(H,21,22,23). The van der Waals surface area contributed by atoms with Crippen molar-refractivity contribution in [1.82, 2.24) is 15.6 Å². The monoisotopic (exact) mass is 422 g/mol. The average Bonchev–Trinajstić information content (AvgIpc) is 3.13. The van der Waals surface area contributed by atoms with Gasteiger partial charge in [0.05, 0.1) is 22.6 Å². The number of anilines is 1. The van der Waals surface area contributed by atoms with E-state index in [1.54, 1.807) is 19.2 Å². The van der Waals surface area contributed by atoms with Crippen molar-refractivity contribution in [2.75, 3.05) is 31.2 Å². The lowest BCUT2D eigenvalue weighted by atomic mass is 10.0. The molecule has 3 N–H and O–H groups in total. The third-order valence-corrected chi connectivity index (χ3v) is 6.51. The minimum absolute atomic E-state index is 0.233. The first-order valence-corrected chi connectivity index (χ1v) is 11.1. The van der Waals surface area contributed by atoms with Crippen molar-refractivity contribution in [1.29, 1.82) is 0 Å². The molecule has 1 aliphatic rings. The molecule has 0 saturated carbocycles. The van der Waals surface area contributed by atoms with Gasteiger partial charge in [-0.1, -0.05) is 17.4 Å². The van der Waals surface area contributed by atoms with E-state index in [2.05, 4.69) is 20.9 Å². The molecule has 1 amide bonds. The summed E-state index contributed by atoms with van der Waals surface area (Å²) in [6.45, 7) is 5.59. The van der Waals surface area contributed by atoms with Gasteiger partial charge in [0.15, 0.2) is 5.13 Å². The summed E-state index contributed by atoms with van der Waals surface area (Å²) in [4.78, 5) is 29.4. The van der Waals surface area contributed by atoms with E-state index >= 15 is 0 Å². The number of nitrogens with zero attached hydrogens (tertiary/aromatic N) is 1. The Hall–Kier alpha value is -2.14. The van der Waals surface area contributed by atoms with Gasteiger partial charge in [-0.3, -0.25) is 14.3 Å². The van der Waals surface area contributed by atoms with Crippen molar-refractivity contribution >= 4 is 39.1 Å². The molecular weight excluding hydrogens is 400 g/mol. The van der Waals surface area contributed by atoms with Crippen LogP contribution in [0.4, 0.5) is 5.13 Å². The van der Waals surface area contributed by atoms with Crippen LogP contribution in [0.2, 0.25) is 0 Å². The summed E-state index contributed by atoms with van der Waals surface area (Å²) in [5.74, 6) is -0.644. The molecule has 1 aliphatic heterocycles. The summed E-state index contributed by atoms with van der Waals surface area (Å²) in [5, 5.41) is 9.26. The Kier molecular flexibility index (Phi) is 6.55. The number of benzene rings is 1. The molecule has 2 unspecified atom stereocenters. The molecule has 10 heteroatoms. The topological polar surface area (TPSA) is 109 Å². The summed E-state index contributed by atoms with van der Waals surface area (Å²) in [6, 6.07) is 3.06. The number of hydrogen-bond acceptors (Lipinski definition) is 8. The van der Waals surface area contributed by atoms with Gasteiger partial charge in [-0.2, -0.15) is 0 Å². The van der Waals surface area contributed by atoms with Gasteiger partial charge in [0.1, 0.15) is 16.0 Å². The van der Waals surface area contributed by atoms with Crippen LogP contribution < -0.4 is 20.7 Å². The molecule has 0 bridgehead atoms. The first kappa shape index (κ1) is 20.6. The average molecular weight is 423 g/mol. The van der Waals surface area contributed by atoms with E-state index in [1.165, 1.54) is 6.20 Å². The van der Waals surface area contributed by atoms with Gasteiger partial charge in [0, 0.05) is 25.9 Å². The Morgan fingerprint density at radius 3 is 2.75 bits per heavy atom. The summed E-state index contributed by atoms with van der Waals surface area (Å²) in [6.07, 6.45) is 3.02. The van der Waals surface area contributed by atoms with E-state index in [-0.39, 0.29) is 11.3 Å². The summed E-state index contributed by atoms with van der Waals surface area (Å²) >= 11 is 1.15. The molecule has 1 aromatic heterocycles. The number of amides is 1. The molecule has 150 valence electrons. The van der Waals surface area contributed by atoms with Crippen LogP contribution in [0.1, 0.15) is 21.5 Å². The normalized spacial score (nSPS) is 17.8. The molecule has 0 aliphatic carbocycles. The molecule has 0 spiro atoms. The number of carbonyl (C=O) groups is 2. The number of esters is 1. The lowest BCUT2D eigenvalue weighted by molar-refractivity contribution is -0.137. The Morgan fingerprint density at radius 1 is 1.32 bits per heavy atom. The van der Waals surface area contributed by atoms with Gasteiger partial charge in [0.2, 0.25) is 0 Å². The number of ether oxygens (including phenoxy) is 1. The SMILES string of the molecule is Cc1cc(C)c(OC(=O)C2CNCCN2)c(C(=O)Nc2ncc(S(C)=O)s2)c1. The fraction of sp³-hybridized carbons (Fsp3) is 0.389. The molecule has 3 rings (SSSR count). The zero-order valence-corrected chi connectivity index (χ0v) is 17.5. The van der Waals surface area contributed by atoms with Crippen molar-refractivity contribution in [2.45, 2.75) is 24.1 Å². The molecule has 2 atom stereocenters. The van der Waals surface area contributed by atoms with Crippen LogP contribution in [0, 0.1) is 13.8 Å². The number of rotatable bonds is 5. The highest BCUT2D eigenvalue weighted by molar-refractivity contribution is 7.86. The van der Waals surface area contributed by atoms with Crippen molar-refractivity contribution in [3.8, 4) is 5.75 Å². The Morgan fingerprint density at radius 2 is 2.11 bits per heavy atom. The first-order valence-electron chi connectivity index (χ1n) is 8.73. The number of carbonyl (C=O) groups excluding carboxylic acids is 2. The maximum Gasteiger partial charge on any atom is 0.329 e. The predicted octanol–water partition coefficient (Wildman–Crippen LogP) is 1.22. The maximum atomic E-state index is 12.8. The fourth-order valence-electron chi connectivity index (χ4n) is 2.86. The van der Waals surface area contributed by atoms with Crippen molar-refractivity contribution in [2.24, 2.45) is 0 Å². The third kappa shape index (κ3) is 4.82. The third-order valence-electron chi connectivity index (χ3n) is 4.18. The van der Waals surface area contributed by atoms with Crippen LogP contribution in [0.5, 0.6) is 5.75 Å². The summed E-state index contributed by atoms with van der Waals surface area (Å²) in [5.41, 5.74) is 1.81. The highest BCUT2D eigenvalue weighted by atomic mass is 32.2. The quantitative estimate of drug-likeness (QED) is 0.491. The lowest BCUT2D eigenvalue weighted by Crippen LogP contribution is -2.53. The van der Waals surface area contributed by atoms with Crippen LogP contribution in [0.3, 0.4) is 0 Å². The lowest BCUT2D eigenvalue weighted by Gasteiger charge is -2.23. The van der Waals surface area contributed by atoms with Gasteiger partial charge in [0.25, 0.3) is 5.91 Å². The van der Waals surface area contributed by atoms with E-state index < -0.39 is 28.7 Å². The van der Waals surface area contributed by atoms with Gasteiger partial charge in [-0.25, -0.2) is 9.78 Å². The molecule has 0 radical (unpaired) electrons. The molecular formula is C18H22N4O4S2. The zero-order chi connectivity index (χ0) is 20.3. The van der Waals surface area contributed by atoms with Gasteiger partial charge in [-0.05, 0) is 31.0 Å². The maximum absolute atomic E-state index is 12.8. The van der Waals surface area contributed by atoms with E-state index in [1.807, 2.05) is 13.0 Å². The number of hydrogen-bond donors (Lipinski definition) is 3. The van der Waals surface area contributed by atoms with E-state index in [4.69, 9.17) is 4.74 Å². The van der Waals surface area contributed by atoms with E-state index in [9.17, 15) is 13.8 Å². The minimum Gasteiger partial charge on any atom is -0.424 e. The second kappa shape index (κ2) is 8.91. The number of thiazole rings is 1. The van der Waals surface area contributed by atoms with Crippen LogP contribution >= 0.6 is 11.3 Å². The summed E-state index contributed by atoms with van der Waals surface area (Å²) < 4.78 is 17.7. The first-order chi connectivity index (χ1) is 13.3. The zero-order valence-electron chi connectivity index (χ0n) is 15.8. The van der Waals surface area contributed by atoms with Crippen molar-refractivity contribution in [3.63, 3.8) is 0 Å². The van der Waals surface area contributed by atoms with Gasteiger partial charge < -0.3 is 15.4 Å². The van der Waals surface area contributed by atoms with Crippen LogP contribution in [-0.4, -0.2) is 53.0 Å². The minimum atomic E-state index is -1.17. The smallest absolute Gasteiger partial charge is 0.329 e. The number of aromatic nitrogens is 1. The van der Waals surface area contributed by atoms with Crippen molar-refractivity contribution in [3.05, 3.63) is 35.0 Å². The fourth-order valence-corrected chi connectivity index (χ4v) is 4.32. The van der Waals surface area contributed by atoms with Crippen LogP contribution in [0.15, 0.2) is 22.5 Å². The largest absolute Gasteiger partial charge is 0.424 e. The highest BCUT2D eigenvalue weighted by Gasteiger charge is 2.26.